The van der Waals surface area contributed by atoms with Crippen LogP contribution in [0.15, 0.2) is 9.98 Å². The zero-order chi connectivity index (χ0) is 28.2. The Balaban J connectivity index is 1.79. The smallest absolute Gasteiger partial charge is 0.188 e. The third-order valence-electron chi connectivity index (χ3n) is 7.75. The van der Waals surface area contributed by atoms with Gasteiger partial charge in [-0.2, -0.15) is 0 Å². The highest BCUT2D eigenvalue weighted by Crippen LogP contribution is 2.22. The van der Waals surface area contributed by atoms with Gasteiger partial charge in [0.2, 0.25) is 0 Å². The molecule has 0 aromatic rings. The van der Waals surface area contributed by atoms with Gasteiger partial charge in [0.1, 0.15) is 0 Å². The van der Waals surface area contributed by atoms with Crippen LogP contribution in [-0.2, 0) is 0 Å². The standard InChI is InChI=1S/C31H66N8/c1-3-4-10-17-28(2)26-38-30(32)36-24-15-22-34-20-13-8-5-9-14-21-35-23-16-25-37-31(33)39-27-29-18-11-6-7-12-19-29/h28-29,34-35H,3-27H2,1-2H3,(H3,32,36,38)(H3,33,37,39). The molecule has 1 unspecified atom stereocenters. The van der Waals surface area contributed by atoms with Crippen LogP contribution in [0.3, 0.4) is 0 Å². The molecule has 0 aromatic carbocycles. The lowest BCUT2D eigenvalue weighted by Gasteiger charge is -2.12. The Bertz CT molecular complexity index is 587. The van der Waals surface area contributed by atoms with Crippen molar-refractivity contribution in [3.05, 3.63) is 0 Å². The largest absolute Gasteiger partial charge is 0.370 e. The van der Waals surface area contributed by atoms with E-state index in [1.807, 2.05) is 0 Å². The lowest BCUT2D eigenvalue weighted by atomic mass is 10.0. The van der Waals surface area contributed by atoms with E-state index in [2.05, 4.69) is 45.1 Å². The van der Waals surface area contributed by atoms with Crippen LogP contribution in [-0.4, -0.2) is 64.3 Å². The Kier molecular flexibility index (Phi) is 24.3. The molecule has 1 fully saturated rings. The number of aliphatic imine (C=N–C) groups is 2. The average Bonchev–Trinajstić information content (AvgIpc) is 3.21. The number of unbranched alkanes of at least 4 members (excludes halogenated alkanes) is 6. The maximum Gasteiger partial charge on any atom is 0.188 e. The second kappa shape index (κ2) is 26.7. The van der Waals surface area contributed by atoms with Gasteiger partial charge in [-0.25, -0.2) is 0 Å². The first-order chi connectivity index (χ1) is 19.1. The minimum absolute atomic E-state index is 0.595. The minimum Gasteiger partial charge on any atom is -0.370 e. The summed E-state index contributed by atoms with van der Waals surface area (Å²) in [5.41, 5.74) is 12.0. The first-order valence-corrected chi connectivity index (χ1v) is 16.6. The zero-order valence-electron chi connectivity index (χ0n) is 25.9. The lowest BCUT2D eigenvalue weighted by Crippen LogP contribution is -2.34. The first kappa shape index (κ1) is 35.5. The molecule has 230 valence electrons. The van der Waals surface area contributed by atoms with Crippen LogP contribution in [0.2, 0.25) is 0 Å². The van der Waals surface area contributed by atoms with Crippen LogP contribution in [0.4, 0.5) is 0 Å². The first-order valence-electron chi connectivity index (χ1n) is 16.6. The molecule has 0 spiro atoms. The fourth-order valence-electron chi connectivity index (χ4n) is 5.11. The van der Waals surface area contributed by atoms with Crippen LogP contribution < -0.4 is 32.7 Å². The van der Waals surface area contributed by atoms with Crippen molar-refractivity contribution in [3.8, 4) is 0 Å². The molecule has 8 nitrogen and oxygen atoms in total. The van der Waals surface area contributed by atoms with E-state index in [1.54, 1.807) is 0 Å². The van der Waals surface area contributed by atoms with Gasteiger partial charge in [-0.1, -0.05) is 78.1 Å². The van der Waals surface area contributed by atoms with Crippen molar-refractivity contribution in [2.24, 2.45) is 33.3 Å². The zero-order valence-corrected chi connectivity index (χ0v) is 25.9. The molecule has 0 radical (unpaired) electrons. The Morgan fingerprint density at radius 2 is 1.21 bits per heavy atom. The van der Waals surface area contributed by atoms with Gasteiger partial charge in [0.05, 0.1) is 0 Å². The third kappa shape index (κ3) is 24.0. The second-order valence-corrected chi connectivity index (χ2v) is 11.7. The van der Waals surface area contributed by atoms with E-state index in [0.29, 0.717) is 17.8 Å². The lowest BCUT2D eigenvalue weighted by molar-refractivity contribution is 0.471. The summed E-state index contributed by atoms with van der Waals surface area (Å²) >= 11 is 0. The van der Waals surface area contributed by atoms with Gasteiger partial charge in [0, 0.05) is 26.2 Å². The number of guanidine groups is 2. The molecule has 8 N–H and O–H groups in total. The van der Waals surface area contributed by atoms with Crippen LogP contribution in [0.25, 0.3) is 0 Å². The summed E-state index contributed by atoms with van der Waals surface area (Å²) in [4.78, 5) is 9.05. The summed E-state index contributed by atoms with van der Waals surface area (Å²) in [7, 11) is 0. The van der Waals surface area contributed by atoms with Crippen molar-refractivity contribution in [2.75, 3.05) is 52.4 Å². The fourth-order valence-corrected chi connectivity index (χ4v) is 5.11. The predicted molar refractivity (Wildman–Crippen MR) is 172 cm³/mol. The van der Waals surface area contributed by atoms with E-state index in [0.717, 1.165) is 71.1 Å². The quantitative estimate of drug-likeness (QED) is 0.0440. The molecule has 1 aliphatic carbocycles. The maximum atomic E-state index is 6.04. The molecule has 0 bridgehead atoms. The van der Waals surface area contributed by atoms with E-state index >= 15 is 0 Å². The molecule has 0 heterocycles. The minimum atomic E-state index is 0.595. The van der Waals surface area contributed by atoms with E-state index in [4.69, 9.17) is 11.5 Å². The van der Waals surface area contributed by atoms with Gasteiger partial charge in [0.25, 0.3) is 0 Å². The Morgan fingerprint density at radius 1 is 0.667 bits per heavy atom. The van der Waals surface area contributed by atoms with Crippen LogP contribution >= 0.6 is 0 Å². The maximum absolute atomic E-state index is 6.04. The van der Waals surface area contributed by atoms with Crippen molar-refractivity contribution < 1.29 is 0 Å². The van der Waals surface area contributed by atoms with Crippen molar-refractivity contribution >= 4 is 11.9 Å². The van der Waals surface area contributed by atoms with Crippen molar-refractivity contribution in [3.63, 3.8) is 0 Å². The number of hydrogen-bond acceptors (Lipinski definition) is 4. The molecular formula is C31H66N8. The fraction of sp³-hybridized carbons (Fsp3) is 0.935. The Morgan fingerprint density at radius 3 is 1.79 bits per heavy atom. The Hall–Kier alpha value is -1.54. The highest BCUT2D eigenvalue weighted by molar-refractivity contribution is 5.78. The molecule has 0 amide bonds. The molecule has 1 rings (SSSR count). The molecule has 0 aliphatic heterocycles. The number of nitrogens with zero attached hydrogens (tertiary/aromatic N) is 2. The molecule has 1 aliphatic rings. The molecule has 39 heavy (non-hydrogen) atoms. The second-order valence-electron chi connectivity index (χ2n) is 11.7. The molecule has 0 aromatic heterocycles. The molecular weight excluding hydrogens is 484 g/mol. The monoisotopic (exact) mass is 551 g/mol. The summed E-state index contributed by atoms with van der Waals surface area (Å²) < 4.78 is 0. The molecule has 1 atom stereocenters. The predicted octanol–water partition coefficient (Wildman–Crippen LogP) is 4.89. The summed E-state index contributed by atoms with van der Waals surface area (Å²) in [5.74, 6) is 2.58. The number of nitrogens with two attached hydrogens (primary N) is 2. The summed E-state index contributed by atoms with van der Waals surface area (Å²) in [6.07, 6.45) is 21.9. The van der Waals surface area contributed by atoms with Crippen molar-refractivity contribution in [1.29, 1.82) is 0 Å². The van der Waals surface area contributed by atoms with E-state index in [1.165, 1.54) is 96.3 Å². The van der Waals surface area contributed by atoms with Gasteiger partial charge in [0.15, 0.2) is 11.9 Å². The Labute approximate surface area is 241 Å². The summed E-state index contributed by atoms with van der Waals surface area (Å²) in [5, 5.41) is 13.6. The summed E-state index contributed by atoms with van der Waals surface area (Å²) in [6, 6.07) is 0. The topological polar surface area (TPSA) is 125 Å². The van der Waals surface area contributed by atoms with E-state index in [9.17, 15) is 0 Å². The third-order valence-corrected chi connectivity index (χ3v) is 7.75. The van der Waals surface area contributed by atoms with E-state index in [-0.39, 0.29) is 0 Å². The van der Waals surface area contributed by atoms with Crippen LogP contribution in [0, 0.1) is 11.8 Å². The number of hydrogen-bond donors (Lipinski definition) is 6. The SMILES string of the molecule is CCCCCC(C)CN=C(N)NCCCNCCCCCCCNCCCNC(N)=NCC1CCCCCC1. The highest BCUT2D eigenvalue weighted by Gasteiger charge is 2.11. The highest BCUT2D eigenvalue weighted by atomic mass is 15.1. The summed E-state index contributed by atoms with van der Waals surface area (Å²) in [6.45, 7) is 12.3. The van der Waals surface area contributed by atoms with Gasteiger partial charge < -0.3 is 32.7 Å². The van der Waals surface area contributed by atoms with E-state index < -0.39 is 0 Å². The van der Waals surface area contributed by atoms with Gasteiger partial charge >= 0.3 is 0 Å². The number of nitrogens with one attached hydrogen (secondary N) is 4. The molecule has 1 saturated carbocycles. The van der Waals surface area contributed by atoms with Crippen molar-refractivity contribution in [1.82, 2.24) is 21.3 Å². The van der Waals surface area contributed by atoms with Gasteiger partial charge in [-0.15, -0.1) is 0 Å². The normalized spacial score (nSPS) is 16.3. The average molecular weight is 551 g/mol. The molecule has 0 saturated heterocycles. The van der Waals surface area contributed by atoms with Crippen LogP contribution in [0.5, 0.6) is 0 Å². The van der Waals surface area contributed by atoms with Crippen molar-refractivity contribution in [2.45, 2.75) is 123 Å². The molecule has 8 heteroatoms. The van der Waals surface area contributed by atoms with Crippen LogP contribution in [0.1, 0.15) is 123 Å². The van der Waals surface area contributed by atoms with Gasteiger partial charge in [-0.05, 0) is 83.0 Å². The van der Waals surface area contributed by atoms with Gasteiger partial charge in [-0.3, -0.25) is 9.98 Å². The number of rotatable bonds is 24.